The minimum absolute atomic E-state index is 0.335. The molecule has 18 heavy (non-hydrogen) atoms. The molecule has 0 aliphatic carbocycles. The molecule has 0 saturated carbocycles. The van der Waals surface area contributed by atoms with Crippen LogP contribution in [0.3, 0.4) is 0 Å². The Morgan fingerprint density at radius 2 is 2.17 bits per heavy atom. The van der Waals surface area contributed by atoms with Gasteiger partial charge >= 0.3 is 0 Å². The molecule has 1 aromatic carbocycles. The molecule has 1 saturated heterocycles. The van der Waals surface area contributed by atoms with Crippen molar-refractivity contribution in [3.05, 3.63) is 23.8 Å². The molecule has 100 valence electrons. The van der Waals surface area contributed by atoms with Crippen molar-refractivity contribution >= 4 is 27.5 Å². The molecule has 1 atom stereocenters. The highest BCUT2D eigenvalue weighted by molar-refractivity contribution is 8.00. The van der Waals surface area contributed by atoms with Crippen molar-refractivity contribution < 1.29 is 8.42 Å². The molecule has 1 aliphatic heterocycles. The van der Waals surface area contributed by atoms with Gasteiger partial charge in [0.2, 0.25) is 10.0 Å². The zero-order valence-corrected chi connectivity index (χ0v) is 12.2. The number of nitrogens with two attached hydrogens (primary N) is 1. The lowest BCUT2D eigenvalue weighted by Crippen LogP contribution is -2.41. The molecule has 1 unspecified atom stereocenters. The smallest absolute Gasteiger partial charge is 0.243 e. The van der Waals surface area contributed by atoms with Crippen LogP contribution in [-0.4, -0.2) is 36.8 Å². The molecular weight excluding hydrogens is 268 g/mol. The Morgan fingerprint density at radius 1 is 1.44 bits per heavy atom. The second kappa shape index (κ2) is 5.11. The van der Waals surface area contributed by atoms with Crippen LogP contribution in [0.2, 0.25) is 0 Å². The van der Waals surface area contributed by atoms with Crippen LogP contribution < -0.4 is 5.73 Å². The first-order valence-electron chi connectivity index (χ1n) is 5.90. The fourth-order valence-corrected chi connectivity index (χ4v) is 5.06. The Kier molecular flexibility index (Phi) is 3.89. The van der Waals surface area contributed by atoms with Gasteiger partial charge < -0.3 is 5.73 Å². The van der Waals surface area contributed by atoms with Crippen LogP contribution >= 0.6 is 11.8 Å². The summed E-state index contributed by atoms with van der Waals surface area (Å²) in [7, 11) is -3.41. The summed E-state index contributed by atoms with van der Waals surface area (Å²) in [6.07, 6.45) is 0. The van der Waals surface area contributed by atoms with E-state index < -0.39 is 10.0 Å². The zero-order valence-electron chi connectivity index (χ0n) is 10.6. The number of anilines is 1. The number of nitrogens with zero attached hydrogens (tertiary/aromatic N) is 1. The second-order valence-corrected chi connectivity index (χ2v) is 7.97. The van der Waals surface area contributed by atoms with E-state index in [4.69, 9.17) is 5.73 Å². The Hall–Kier alpha value is -0.720. The second-order valence-electron chi connectivity index (χ2n) is 4.51. The molecule has 0 spiro atoms. The third-order valence-corrected chi connectivity index (χ3v) is 6.29. The Morgan fingerprint density at radius 3 is 2.83 bits per heavy atom. The molecule has 0 aromatic heterocycles. The van der Waals surface area contributed by atoms with Gasteiger partial charge in [-0.1, -0.05) is 13.0 Å². The summed E-state index contributed by atoms with van der Waals surface area (Å²) in [6, 6.07) is 5.05. The van der Waals surface area contributed by atoms with Gasteiger partial charge in [0.25, 0.3) is 0 Å². The van der Waals surface area contributed by atoms with E-state index in [0.717, 1.165) is 5.75 Å². The van der Waals surface area contributed by atoms with Crippen LogP contribution in [0.1, 0.15) is 12.5 Å². The van der Waals surface area contributed by atoms with Crippen LogP contribution in [0.4, 0.5) is 5.69 Å². The quantitative estimate of drug-likeness (QED) is 0.841. The summed E-state index contributed by atoms with van der Waals surface area (Å²) in [5.41, 5.74) is 6.95. The average Bonchev–Trinajstić information content (AvgIpc) is 2.32. The lowest BCUT2D eigenvalue weighted by atomic mass is 10.2. The lowest BCUT2D eigenvalue weighted by Gasteiger charge is -2.30. The van der Waals surface area contributed by atoms with E-state index in [1.54, 1.807) is 29.4 Å². The SMILES string of the molecule is Cc1c(N)cccc1S(=O)(=O)N1CCSC(C)C1. The van der Waals surface area contributed by atoms with E-state index >= 15 is 0 Å². The van der Waals surface area contributed by atoms with Crippen molar-refractivity contribution in [2.24, 2.45) is 0 Å². The number of benzene rings is 1. The van der Waals surface area contributed by atoms with Crippen molar-refractivity contribution in [3.8, 4) is 0 Å². The van der Waals surface area contributed by atoms with Gasteiger partial charge in [0, 0.05) is 29.8 Å². The number of nitrogen functional groups attached to an aromatic ring is 1. The fourth-order valence-electron chi connectivity index (χ4n) is 2.05. The first-order valence-corrected chi connectivity index (χ1v) is 8.38. The molecular formula is C12H18N2O2S2. The molecule has 0 radical (unpaired) electrons. The predicted molar refractivity (Wildman–Crippen MR) is 76.3 cm³/mol. The normalized spacial score (nSPS) is 22.0. The van der Waals surface area contributed by atoms with Crippen LogP contribution in [0.25, 0.3) is 0 Å². The highest BCUT2D eigenvalue weighted by Gasteiger charge is 2.30. The molecule has 2 rings (SSSR count). The minimum atomic E-state index is -3.41. The molecule has 4 nitrogen and oxygen atoms in total. The molecule has 6 heteroatoms. The largest absolute Gasteiger partial charge is 0.398 e. The maximum atomic E-state index is 12.6. The third-order valence-electron chi connectivity index (χ3n) is 3.15. The van der Waals surface area contributed by atoms with Crippen LogP contribution in [0.15, 0.2) is 23.1 Å². The molecule has 1 fully saturated rings. The van der Waals surface area contributed by atoms with Gasteiger partial charge in [-0.3, -0.25) is 0 Å². The molecule has 1 aromatic rings. The summed E-state index contributed by atoms with van der Waals surface area (Å²) >= 11 is 1.81. The molecule has 1 aliphatic rings. The van der Waals surface area contributed by atoms with Crippen molar-refractivity contribution in [1.29, 1.82) is 0 Å². The summed E-state index contributed by atoms with van der Waals surface area (Å²) in [5, 5.41) is 0.342. The number of hydrogen-bond acceptors (Lipinski definition) is 4. The van der Waals surface area contributed by atoms with Crippen molar-refractivity contribution in [2.75, 3.05) is 24.6 Å². The van der Waals surface area contributed by atoms with Gasteiger partial charge in [-0.25, -0.2) is 8.42 Å². The number of thioether (sulfide) groups is 1. The zero-order chi connectivity index (χ0) is 13.3. The Balaban J connectivity index is 2.39. The monoisotopic (exact) mass is 286 g/mol. The highest BCUT2D eigenvalue weighted by Crippen LogP contribution is 2.27. The standard InChI is InChI=1S/C12H18N2O2S2/c1-9-8-14(6-7-17-9)18(15,16)12-5-3-4-11(13)10(12)2/h3-5,9H,6-8,13H2,1-2H3. The van der Waals surface area contributed by atoms with E-state index in [1.807, 2.05) is 11.8 Å². The average molecular weight is 286 g/mol. The van der Waals surface area contributed by atoms with Gasteiger partial charge in [-0.15, -0.1) is 0 Å². The van der Waals surface area contributed by atoms with Crippen molar-refractivity contribution in [1.82, 2.24) is 4.31 Å². The van der Waals surface area contributed by atoms with Gasteiger partial charge in [-0.2, -0.15) is 16.1 Å². The summed E-state index contributed by atoms with van der Waals surface area (Å²) in [4.78, 5) is 0.335. The van der Waals surface area contributed by atoms with Gasteiger partial charge in [-0.05, 0) is 24.6 Å². The summed E-state index contributed by atoms with van der Waals surface area (Å²) in [5.74, 6) is 0.849. The van der Waals surface area contributed by atoms with E-state index in [-0.39, 0.29) is 0 Å². The van der Waals surface area contributed by atoms with E-state index in [2.05, 4.69) is 6.92 Å². The molecule has 2 N–H and O–H groups in total. The number of hydrogen-bond donors (Lipinski definition) is 1. The predicted octanol–water partition coefficient (Wildman–Crippen LogP) is 1.70. The third kappa shape index (κ3) is 2.50. The fraction of sp³-hybridized carbons (Fsp3) is 0.500. The molecule has 1 heterocycles. The maximum absolute atomic E-state index is 12.6. The first kappa shape index (κ1) is 13.7. The Bertz CT molecular complexity index is 543. The maximum Gasteiger partial charge on any atom is 0.243 e. The summed E-state index contributed by atoms with van der Waals surface area (Å²) < 4.78 is 26.7. The molecule has 0 bridgehead atoms. The van der Waals surface area contributed by atoms with Gasteiger partial charge in [0.05, 0.1) is 4.90 Å². The van der Waals surface area contributed by atoms with Crippen LogP contribution in [0, 0.1) is 6.92 Å². The van der Waals surface area contributed by atoms with Crippen molar-refractivity contribution in [3.63, 3.8) is 0 Å². The summed E-state index contributed by atoms with van der Waals surface area (Å²) in [6.45, 7) is 4.95. The van der Waals surface area contributed by atoms with E-state index in [1.165, 1.54) is 0 Å². The number of sulfonamides is 1. The van der Waals surface area contributed by atoms with Crippen LogP contribution in [-0.2, 0) is 10.0 Å². The highest BCUT2D eigenvalue weighted by atomic mass is 32.2. The Labute approximate surface area is 113 Å². The van der Waals surface area contributed by atoms with Gasteiger partial charge in [0.15, 0.2) is 0 Å². The van der Waals surface area contributed by atoms with Gasteiger partial charge in [0.1, 0.15) is 0 Å². The van der Waals surface area contributed by atoms with Crippen LogP contribution in [0.5, 0.6) is 0 Å². The lowest BCUT2D eigenvalue weighted by molar-refractivity contribution is 0.424. The topological polar surface area (TPSA) is 63.4 Å². The van der Waals surface area contributed by atoms with Crippen molar-refractivity contribution in [2.45, 2.75) is 24.0 Å². The van der Waals surface area contributed by atoms with E-state index in [0.29, 0.717) is 34.5 Å². The molecule has 0 amide bonds. The number of rotatable bonds is 2. The minimum Gasteiger partial charge on any atom is -0.398 e. The first-order chi connectivity index (χ1) is 8.43. The van der Waals surface area contributed by atoms with E-state index in [9.17, 15) is 8.42 Å².